The van der Waals surface area contributed by atoms with Crippen molar-refractivity contribution in [3.05, 3.63) is 53.7 Å². The third-order valence-corrected chi connectivity index (χ3v) is 2.81. The number of carbonyl (C=O) groups excluding carboxylic acids is 1. The molecule has 1 aromatic heterocycles. The number of rotatable bonds is 2. The summed E-state index contributed by atoms with van der Waals surface area (Å²) in [6.45, 7) is 7.38. The predicted octanol–water partition coefficient (Wildman–Crippen LogP) is 4.41. The minimum Gasteiger partial charge on any atom is -0.495 e. The van der Waals surface area contributed by atoms with Crippen LogP contribution in [0, 0.1) is 19.3 Å². The Kier molecular flexibility index (Phi) is 7.48. The molecule has 1 heterocycles. The number of ether oxygens (including phenoxy) is 2. The number of terminal acetylenes is 1. The second-order valence-electron chi connectivity index (χ2n) is 6.19. The van der Waals surface area contributed by atoms with Gasteiger partial charge in [0.1, 0.15) is 17.2 Å². The Balaban J connectivity index is 0.000000271. The van der Waals surface area contributed by atoms with Crippen molar-refractivity contribution in [1.29, 1.82) is 0 Å². The Morgan fingerprint density at radius 2 is 1.92 bits per heavy atom. The molecule has 0 unspecified atom stereocenters. The van der Waals surface area contributed by atoms with E-state index in [0.717, 1.165) is 16.9 Å². The van der Waals surface area contributed by atoms with E-state index in [0.29, 0.717) is 5.82 Å². The quantitative estimate of drug-likeness (QED) is 0.823. The third kappa shape index (κ3) is 7.89. The van der Waals surface area contributed by atoms with E-state index in [9.17, 15) is 4.79 Å². The van der Waals surface area contributed by atoms with E-state index in [4.69, 9.17) is 15.9 Å². The summed E-state index contributed by atoms with van der Waals surface area (Å²) in [6.07, 6.45) is 6.35. The molecule has 1 amide bonds. The molecule has 0 saturated heterocycles. The summed E-state index contributed by atoms with van der Waals surface area (Å²) in [5.41, 5.74) is 1.34. The van der Waals surface area contributed by atoms with Gasteiger partial charge in [0, 0.05) is 6.20 Å². The first-order chi connectivity index (χ1) is 11.7. The van der Waals surface area contributed by atoms with Crippen molar-refractivity contribution < 1.29 is 14.3 Å². The second-order valence-corrected chi connectivity index (χ2v) is 6.19. The number of carbonyl (C=O) groups is 1. The number of methoxy groups -OCH3 is 1. The number of pyridine rings is 1. The Morgan fingerprint density at radius 1 is 1.24 bits per heavy atom. The second kappa shape index (κ2) is 9.33. The van der Waals surface area contributed by atoms with Crippen LogP contribution in [-0.4, -0.2) is 23.8 Å². The van der Waals surface area contributed by atoms with Crippen LogP contribution in [0.5, 0.6) is 5.75 Å². The molecule has 0 saturated carbocycles. The van der Waals surface area contributed by atoms with E-state index in [1.807, 2.05) is 58.0 Å². The zero-order valence-corrected chi connectivity index (χ0v) is 15.3. The van der Waals surface area contributed by atoms with Gasteiger partial charge in [-0.05, 0) is 57.5 Å². The highest BCUT2D eigenvalue weighted by atomic mass is 16.6. The molecule has 0 aliphatic carbocycles. The van der Waals surface area contributed by atoms with Crippen molar-refractivity contribution in [2.75, 3.05) is 12.4 Å². The van der Waals surface area contributed by atoms with Gasteiger partial charge in [-0.15, -0.1) is 6.42 Å². The highest BCUT2D eigenvalue weighted by Gasteiger charge is 2.16. The molecule has 5 nitrogen and oxygen atoms in total. The summed E-state index contributed by atoms with van der Waals surface area (Å²) in [5, 5.41) is 2.57. The van der Waals surface area contributed by atoms with E-state index >= 15 is 0 Å². The van der Waals surface area contributed by atoms with E-state index in [2.05, 4.69) is 16.2 Å². The number of aromatic nitrogens is 1. The van der Waals surface area contributed by atoms with Crippen LogP contribution in [0.1, 0.15) is 31.9 Å². The zero-order valence-electron chi connectivity index (χ0n) is 15.3. The number of amides is 1. The summed E-state index contributed by atoms with van der Waals surface area (Å²) in [7, 11) is 1.61. The number of hydrogen-bond acceptors (Lipinski definition) is 4. The maximum Gasteiger partial charge on any atom is 0.413 e. The lowest BCUT2D eigenvalue weighted by Crippen LogP contribution is -2.27. The molecule has 0 spiro atoms. The molecule has 0 fully saturated rings. The summed E-state index contributed by atoms with van der Waals surface area (Å²) in [6, 6.07) is 11.1. The highest BCUT2D eigenvalue weighted by Crippen LogP contribution is 2.14. The molecule has 0 bridgehead atoms. The van der Waals surface area contributed by atoms with Gasteiger partial charge in [-0.1, -0.05) is 18.1 Å². The van der Waals surface area contributed by atoms with E-state index in [1.165, 1.54) is 0 Å². The molecule has 0 aliphatic rings. The Labute approximate surface area is 149 Å². The molecule has 1 aromatic carbocycles. The lowest BCUT2D eigenvalue weighted by molar-refractivity contribution is 0.0635. The van der Waals surface area contributed by atoms with Gasteiger partial charge in [0.2, 0.25) is 0 Å². The lowest BCUT2D eigenvalue weighted by atomic mass is 10.2. The number of nitrogens with one attached hydrogen (secondary N) is 1. The first-order valence-electron chi connectivity index (χ1n) is 7.77. The molecule has 0 atom stereocenters. The van der Waals surface area contributed by atoms with Gasteiger partial charge in [-0.3, -0.25) is 5.32 Å². The largest absolute Gasteiger partial charge is 0.495 e. The molecule has 0 aliphatic heterocycles. The smallest absolute Gasteiger partial charge is 0.413 e. The van der Waals surface area contributed by atoms with E-state index in [-0.39, 0.29) is 0 Å². The first-order valence-corrected chi connectivity index (χ1v) is 7.77. The van der Waals surface area contributed by atoms with E-state index in [1.54, 1.807) is 19.4 Å². The average Bonchev–Trinajstić information content (AvgIpc) is 2.53. The molecular weight excluding hydrogens is 316 g/mol. The van der Waals surface area contributed by atoms with Gasteiger partial charge in [0.15, 0.2) is 0 Å². The fourth-order valence-electron chi connectivity index (χ4n) is 1.78. The van der Waals surface area contributed by atoms with Crippen LogP contribution in [0.3, 0.4) is 0 Å². The van der Waals surface area contributed by atoms with Gasteiger partial charge in [-0.25, -0.2) is 9.78 Å². The van der Waals surface area contributed by atoms with Crippen molar-refractivity contribution in [3.8, 4) is 18.1 Å². The van der Waals surface area contributed by atoms with Crippen molar-refractivity contribution in [2.45, 2.75) is 33.3 Å². The van der Waals surface area contributed by atoms with Crippen LogP contribution in [0.15, 0.2) is 42.6 Å². The molecule has 132 valence electrons. The fourth-order valence-corrected chi connectivity index (χ4v) is 1.78. The summed E-state index contributed by atoms with van der Waals surface area (Å²) >= 11 is 0. The van der Waals surface area contributed by atoms with Crippen LogP contribution in [0.2, 0.25) is 0 Å². The number of anilines is 1. The van der Waals surface area contributed by atoms with Gasteiger partial charge in [0.05, 0.1) is 12.7 Å². The summed E-state index contributed by atoms with van der Waals surface area (Å²) < 4.78 is 10.1. The van der Waals surface area contributed by atoms with Crippen LogP contribution in [0.4, 0.5) is 10.6 Å². The van der Waals surface area contributed by atoms with Crippen molar-refractivity contribution in [3.63, 3.8) is 0 Å². The molecule has 0 radical (unpaired) electrons. The van der Waals surface area contributed by atoms with Crippen LogP contribution in [-0.2, 0) is 4.74 Å². The maximum absolute atomic E-state index is 11.4. The van der Waals surface area contributed by atoms with Gasteiger partial charge >= 0.3 is 6.09 Å². The first kappa shape index (κ1) is 20.0. The highest BCUT2D eigenvalue weighted by molar-refractivity contribution is 5.83. The number of aryl methyl sites for hydroxylation is 1. The van der Waals surface area contributed by atoms with Crippen LogP contribution >= 0.6 is 0 Å². The average molecular weight is 340 g/mol. The molecule has 25 heavy (non-hydrogen) atoms. The lowest BCUT2D eigenvalue weighted by Gasteiger charge is -2.19. The third-order valence-electron chi connectivity index (χ3n) is 2.81. The minimum atomic E-state index is -0.492. The SMILES string of the molecule is C#Cc1ccccc1OC.Cc1ccnc(NC(=O)OC(C)(C)C)c1. The van der Waals surface area contributed by atoms with Gasteiger partial charge < -0.3 is 9.47 Å². The zero-order chi connectivity index (χ0) is 18.9. The number of nitrogens with zero attached hydrogens (tertiary/aromatic N) is 1. The molecule has 2 aromatic rings. The minimum absolute atomic E-state index is 0.486. The van der Waals surface area contributed by atoms with Gasteiger partial charge in [0.25, 0.3) is 0 Å². The summed E-state index contributed by atoms with van der Waals surface area (Å²) in [5.74, 6) is 3.78. The molecule has 1 N–H and O–H groups in total. The van der Waals surface area contributed by atoms with Crippen LogP contribution < -0.4 is 10.1 Å². The van der Waals surface area contributed by atoms with Crippen molar-refractivity contribution in [2.24, 2.45) is 0 Å². The Morgan fingerprint density at radius 3 is 2.44 bits per heavy atom. The van der Waals surface area contributed by atoms with Crippen molar-refractivity contribution >= 4 is 11.9 Å². The predicted molar refractivity (Wildman–Crippen MR) is 99.8 cm³/mol. The normalized spacial score (nSPS) is 9.92. The van der Waals surface area contributed by atoms with Crippen molar-refractivity contribution in [1.82, 2.24) is 4.98 Å². The van der Waals surface area contributed by atoms with Crippen LogP contribution in [0.25, 0.3) is 0 Å². The molecule has 5 heteroatoms. The number of benzene rings is 1. The van der Waals surface area contributed by atoms with E-state index < -0.39 is 11.7 Å². The maximum atomic E-state index is 11.4. The Bertz CT molecular complexity index is 743. The Hall–Kier alpha value is -3.00. The molecular formula is C20H24N2O3. The molecule has 2 rings (SSSR count). The topological polar surface area (TPSA) is 60.5 Å². The monoisotopic (exact) mass is 340 g/mol. The number of para-hydroxylation sites is 1. The van der Waals surface area contributed by atoms with Gasteiger partial charge in [-0.2, -0.15) is 0 Å². The number of hydrogen-bond donors (Lipinski definition) is 1. The fraction of sp³-hybridized carbons (Fsp3) is 0.300. The standard InChI is InChI=1S/C11H16N2O2.C9H8O/c1-8-5-6-12-9(7-8)13-10(14)15-11(2,3)4;1-3-8-6-4-5-7-9(8)10-2/h5-7H,1-4H3,(H,12,13,14);1,4-7H,2H3. The summed E-state index contributed by atoms with van der Waals surface area (Å²) in [4.78, 5) is 15.4.